The summed E-state index contributed by atoms with van der Waals surface area (Å²) in [5, 5.41) is 3.47. The van der Waals surface area contributed by atoms with Crippen LogP contribution >= 0.6 is 0 Å². The van der Waals surface area contributed by atoms with Gasteiger partial charge in [0, 0.05) is 24.8 Å². The van der Waals surface area contributed by atoms with Gasteiger partial charge >= 0.3 is 0 Å². The van der Waals surface area contributed by atoms with Crippen LogP contribution in [-0.2, 0) is 11.3 Å². The second kappa shape index (κ2) is 4.31. The highest BCUT2D eigenvalue weighted by atomic mass is 16.7. The Morgan fingerprint density at radius 3 is 3.19 bits per heavy atom. The molecule has 0 radical (unpaired) electrons. The van der Waals surface area contributed by atoms with Crippen molar-refractivity contribution in [3.63, 3.8) is 0 Å². The topological polar surface area (TPSA) is 39.7 Å². The molecule has 1 aromatic rings. The Bertz CT molecular complexity index is 375. The number of rotatable bonds is 3. The summed E-state index contributed by atoms with van der Waals surface area (Å²) < 4.78 is 16.1. The predicted molar refractivity (Wildman–Crippen MR) is 58.6 cm³/mol. The number of para-hydroxylation sites is 1. The lowest BCUT2D eigenvalue weighted by Gasteiger charge is -2.11. The van der Waals surface area contributed by atoms with E-state index in [0.29, 0.717) is 12.8 Å². The first kappa shape index (κ1) is 9.93. The molecular weight excluding hydrogens is 206 g/mol. The molecule has 0 aromatic heterocycles. The number of fused-ring (bicyclic) bond motifs is 1. The Labute approximate surface area is 94.5 Å². The van der Waals surface area contributed by atoms with Crippen molar-refractivity contribution in [2.45, 2.75) is 19.0 Å². The predicted octanol–water partition coefficient (Wildman–Crippen LogP) is 1.29. The van der Waals surface area contributed by atoms with Crippen molar-refractivity contribution < 1.29 is 14.2 Å². The number of benzene rings is 1. The van der Waals surface area contributed by atoms with E-state index in [1.54, 1.807) is 0 Å². The molecule has 1 atom stereocenters. The van der Waals surface area contributed by atoms with Crippen LogP contribution < -0.4 is 14.8 Å². The van der Waals surface area contributed by atoms with E-state index in [1.165, 1.54) is 0 Å². The van der Waals surface area contributed by atoms with Crippen LogP contribution in [-0.4, -0.2) is 26.0 Å². The lowest BCUT2D eigenvalue weighted by atomic mass is 10.1. The third-order valence-corrected chi connectivity index (χ3v) is 2.99. The summed E-state index contributed by atoms with van der Waals surface area (Å²) in [5.74, 6) is 1.73. The standard InChI is InChI=1S/C12H15NO3/c1-2-9(6-13-10-4-5-14-7-10)12-11(3-1)15-8-16-12/h1-3,10,13H,4-8H2. The third-order valence-electron chi connectivity index (χ3n) is 2.99. The zero-order valence-electron chi connectivity index (χ0n) is 9.07. The Hall–Kier alpha value is -1.26. The molecule has 0 amide bonds. The first-order valence-electron chi connectivity index (χ1n) is 5.62. The summed E-state index contributed by atoms with van der Waals surface area (Å²) in [6.45, 7) is 2.82. The number of nitrogens with one attached hydrogen (secondary N) is 1. The first-order valence-corrected chi connectivity index (χ1v) is 5.62. The van der Waals surface area contributed by atoms with Crippen molar-refractivity contribution in [3.8, 4) is 11.5 Å². The summed E-state index contributed by atoms with van der Waals surface area (Å²) in [7, 11) is 0. The van der Waals surface area contributed by atoms with Crippen LogP contribution in [0.5, 0.6) is 11.5 Å². The highest BCUT2D eigenvalue weighted by Crippen LogP contribution is 2.35. The molecule has 2 heterocycles. The minimum Gasteiger partial charge on any atom is -0.454 e. The van der Waals surface area contributed by atoms with E-state index in [2.05, 4.69) is 11.4 Å². The first-order chi connectivity index (χ1) is 7.93. The molecule has 1 fully saturated rings. The normalized spacial score (nSPS) is 22.6. The lowest BCUT2D eigenvalue weighted by molar-refractivity contribution is 0.173. The van der Waals surface area contributed by atoms with E-state index < -0.39 is 0 Å². The minimum absolute atomic E-state index is 0.332. The van der Waals surface area contributed by atoms with Gasteiger partial charge in [-0.1, -0.05) is 12.1 Å². The fourth-order valence-electron chi connectivity index (χ4n) is 2.08. The molecule has 2 aliphatic heterocycles. The maximum atomic E-state index is 5.45. The SMILES string of the molecule is c1cc(CNC2CCOC2)c2c(c1)OCO2. The molecule has 2 aliphatic rings. The molecule has 1 aromatic carbocycles. The maximum absolute atomic E-state index is 5.45. The van der Waals surface area contributed by atoms with Crippen LogP contribution in [0.15, 0.2) is 18.2 Å². The summed E-state index contributed by atoms with van der Waals surface area (Å²) in [5.41, 5.74) is 1.15. The van der Waals surface area contributed by atoms with Crippen LogP contribution in [0.1, 0.15) is 12.0 Å². The molecule has 86 valence electrons. The quantitative estimate of drug-likeness (QED) is 0.835. The maximum Gasteiger partial charge on any atom is 0.231 e. The highest BCUT2D eigenvalue weighted by molar-refractivity contribution is 5.48. The van der Waals surface area contributed by atoms with E-state index in [9.17, 15) is 0 Å². The summed E-state index contributed by atoms with van der Waals surface area (Å²) in [6.07, 6.45) is 1.09. The molecule has 4 heteroatoms. The third kappa shape index (κ3) is 1.86. The lowest BCUT2D eigenvalue weighted by Crippen LogP contribution is -2.28. The van der Waals surface area contributed by atoms with Gasteiger partial charge in [-0.2, -0.15) is 0 Å². The average molecular weight is 221 g/mol. The molecule has 0 saturated carbocycles. The van der Waals surface area contributed by atoms with Gasteiger partial charge < -0.3 is 19.5 Å². The molecule has 0 spiro atoms. The molecular formula is C12H15NO3. The van der Waals surface area contributed by atoms with Crippen LogP contribution in [0.4, 0.5) is 0 Å². The molecule has 4 nitrogen and oxygen atoms in total. The van der Waals surface area contributed by atoms with Crippen molar-refractivity contribution >= 4 is 0 Å². The van der Waals surface area contributed by atoms with Crippen molar-refractivity contribution in [2.24, 2.45) is 0 Å². The highest BCUT2D eigenvalue weighted by Gasteiger charge is 2.19. The number of hydrogen-bond acceptors (Lipinski definition) is 4. The van der Waals surface area contributed by atoms with Crippen LogP contribution in [0.25, 0.3) is 0 Å². The smallest absolute Gasteiger partial charge is 0.231 e. The second-order valence-electron chi connectivity index (χ2n) is 4.09. The van der Waals surface area contributed by atoms with E-state index in [4.69, 9.17) is 14.2 Å². The zero-order valence-corrected chi connectivity index (χ0v) is 9.07. The van der Waals surface area contributed by atoms with Gasteiger partial charge in [0.25, 0.3) is 0 Å². The largest absolute Gasteiger partial charge is 0.454 e. The van der Waals surface area contributed by atoms with E-state index in [1.807, 2.05) is 12.1 Å². The molecule has 0 bridgehead atoms. The Balaban J connectivity index is 1.67. The van der Waals surface area contributed by atoms with E-state index in [-0.39, 0.29) is 0 Å². The van der Waals surface area contributed by atoms with Crippen molar-refractivity contribution in [1.82, 2.24) is 5.32 Å². The van der Waals surface area contributed by atoms with Crippen LogP contribution in [0.2, 0.25) is 0 Å². The van der Waals surface area contributed by atoms with Gasteiger partial charge in [0.05, 0.1) is 6.61 Å². The summed E-state index contributed by atoms with van der Waals surface area (Å²) in [6, 6.07) is 6.47. The van der Waals surface area contributed by atoms with Gasteiger partial charge in [-0.05, 0) is 12.5 Å². The van der Waals surface area contributed by atoms with Gasteiger partial charge in [0.2, 0.25) is 6.79 Å². The van der Waals surface area contributed by atoms with Crippen molar-refractivity contribution in [3.05, 3.63) is 23.8 Å². The minimum atomic E-state index is 0.332. The molecule has 1 saturated heterocycles. The zero-order chi connectivity index (χ0) is 10.8. The van der Waals surface area contributed by atoms with Gasteiger partial charge in [-0.25, -0.2) is 0 Å². The van der Waals surface area contributed by atoms with E-state index >= 15 is 0 Å². The van der Waals surface area contributed by atoms with Gasteiger partial charge in [0.15, 0.2) is 11.5 Å². The van der Waals surface area contributed by atoms with Crippen LogP contribution in [0, 0.1) is 0 Å². The van der Waals surface area contributed by atoms with Gasteiger partial charge in [0.1, 0.15) is 0 Å². The Morgan fingerprint density at radius 1 is 1.31 bits per heavy atom. The fourth-order valence-corrected chi connectivity index (χ4v) is 2.08. The molecule has 0 aliphatic carbocycles. The monoisotopic (exact) mass is 221 g/mol. The summed E-state index contributed by atoms with van der Waals surface area (Å²) in [4.78, 5) is 0. The fraction of sp³-hybridized carbons (Fsp3) is 0.500. The van der Waals surface area contributed by atoms with Crippen LogP contribution in [0.3, 0.4) is 0 Å². The molecule has 16 heavy (non-hydrogen) atoms. The summed E-state index contributed by atoms with van der Waals surface area (Å²) >= 11 is 0. The van der Waals surface area contributed by atoms with Gasteiger partial charge in [-0.15, -0.1) is 0 Å². The van der Waals surface area contributed by atoms with Crippen molar-refractivity contribution in [2.75, 3.05) is 20.0 Å². The van der Waals surface area contributed by atoms with E-state index in [0.717, 1.165) is 43.2 Å². The Kier molecular flexibility index (Phi) is 2.68. The average Bonchev–Trinajstić information content (AvgIpc) is 2.97. The Morgan fingerprint density at radius 2 is 2.31 bits per heavy atom. The van der Waals surface area contributed by atoms with Crippen molar-refractivity contribution in [1.29, 1.82) is 0 Å². The molecule has 3 rings (SSSR count). The second-order valence-corrected chi connectivity index (χ2v) is 4.09. The van der Waals surface area contributed by atoms with Gasteiger partial charge in [-0.3, -0.25) is 0 Å². The number of ether oxygens (including phenoxy) is 3. The molecule has 1 N–H and O–H groups in total. The molecule has 1 unspecified atom stereocenters. The number of hydrogen-bond donors (Lipinski definition) is 1.